The summed E-state index contributed by atoms with van der Waals surface area (Å²) >= 11 is 0. The zero-order valence-electron chi connectivity index (χ0n) is 7.20. The average Bonchev–Trinajstić information content (AvgIpc) is 2.16. The normalized spacial score (nSPS) is 10.6. The lowest BCUT2D eigenvalue weighted by Crippen LogP contribution is -2.13. The minimum absolute atomic E-state index is 0.728. The van der Waals surface area contributed by atoms with Crippen molar-refractivity contribution in [3.63, 3.8) is 0 Å². The molecule has 0 saturated carbocycles. The molecule has 0 aliphatic heterocycles. The van der Waals surface area contributed by atoms with Gasteiger partial charge in [0.15, 0.2) is 9.76 Å². The molecule has 1 aromatic rings. The molecule has 4 heteroatoms. The molecule has 3 nitrogen and oxygen atoms in total. The molecule has 0 radical (unpaired) electrons. The number of benzene rings is 1. The standard InChI is InChI=1S/C8H12O3Si/c1-10-6-3-7(11-2)5-8(4-6)12-9/h3-5,9H,12H2,1-2H3. The highest BCUT2D eigenvalue weighted by molar-refractivity contribution is 6.45. The first kappa shape index (κ1) is 9.09. The summed E-state index contributed by atoms with van der Waals surface area (Å²) in [6.07, 6.45) is 0. The van der Waals surface area contributed by atoms with Crippen LogP contribution in [-0.4, -0.2) is 28.8 Å². The summed E-state index contributed by atoms with van der Waals surface area (Å²) in [6.45, 7) is 0. The van der Waals surface area contributed by atoms with E-state index in [9.17, 15) is 0 Å². The molecule has 1 rings (SSSR count). The SMILES string of the molecule is COc1cc(OC)cc([SiH2]O)c1. The Hall–Kier alpha value is -1.00. The molecule has 0 aromatic heterocycles. The van der Waals surface area contributed by atoms with Gasteiger partial charge in [-0.15, -0.1) is 0 Å². The van der Waals surface area contributed by atoms with Gasteiger partial charge in [-0.2, -0.15) is 0 Å². The molecular formula is C8H12O3Si. The molecule has 12 heavy (non-hydrogen) atoms. The van der Waals surface area contributed by atoms with Crippen molar-refractivity contribution >= 4 is 14.9 Å². The molecule has 0 aliphatic rings. The smallest absolute Gasteiger partial charge is 0.188 e. The lowest BCUT2D eigenvalue weighted by atomic mass is 10.3. The Labute approximate surface area is 73.9 Å². The van der Waals surface area contributed by atoms with Gasteiger partial charge in [-0.25, -0.2) is 0 Å². The van der Waals surface area contributed by atoms with Gasteiger partial charge in [-0.05, 0) is 17.3 Å². The molecule has 0 fully saturated rings. The Morgan fingerprint density at radius 2 is 1.58 bits per heavy atom. The quantitative estimate of drug-likeness (QED) is 0.638. The highest BCUT2D eigenvalue weighted by Crippen LogP contribution is 2.16. The fourth-order valence-electron chi connectivity index (χ4n) is 0.958. The lowest BCUT2D eigenvalue weighted by Gasteiger charge is -2.05. The van der Waals surface area contributed by atoms with Gasteiger partial charge in [0.25, 0.3) is 0 Å². The fraction of sp³-hybridized carbons (Fsp3) is 0.250. The molecule has 0 heterocycles. The molecule has 0 atom stereocenters. The van der Waals surface area contributed by atoms with Crippen molar-refractivity contribution in [1.29, 1.82) is 0 Å². The molecular weight excluding hydrogens is 172 g/mol. The summed E-state index contributed by atoms with van der Waals surface area (Å²) in [5, 5.41) is 0.922. The van der Waals surface area contributed by atoms with E-state index in [-0.39, 0.29) is 0 Å². The second-order valence-electron chi connectivity index (χ2n) is 2.38. The van der Waals surface area contributed by atoms with E-state index >= 15 is 0 Å². The summed E-state index contributed by atoms with van der Waals surface area (Å²) in [4.78, 5) is 9.01. The van der Waals surface area contributed by atoms with Gasteiger partial charge in [-0.3, -0.25) is 0 Å². The molecule has 1 aromatic carbocycles. The number of rotatable bonds is 3. The van der Waals surface area contributed by atoms with Gasteiger partial charge in [0.2, 0.25) is 0 Å². The predicted molar refractivity (Wildman–Crippen MR) is 49.9 cm³/mol. The maximum atomic E-state index is 9.01. The largest absolute Gasteiger partial charge is 0.497 e. The Balaban J connectivity index is 3.01. The van der Waals surface area contributed by atoms with Gasteiger partial charge in [-0.1, -0.05) is 0 Å². The van der Waals surface area contributed by atoms with Crippen LogP contribution >= 0.6 is 0 Å². The third-order valence-electron chi connectivity index (χ3n) is 1.59. The molecule has 0 aliphatic carbocycles. The van der Waals surface area contributed by atoms with Crippen LogP contribution in [0.1, 0.15) is 0 Å². The van der Waals surface area contributed by atoms with Crippen LogP contribution in [0.3, 0.4) is 0 Å². The maximum absolute atomic E-state index is 9.01. The van der Waals surface area contributed by atoms with Crippen molar-refractivity contribution in [1.82, 2.24) is 0 Å². The van der Waals surface area contributed by atoms with E-state index in [0.717, 1.165) is 16.7 Å². The van der Waals surface area contributed by atoms with Crippen molar-refractivity contribution in [2.24, 2.45) is 0 Å². The van der Waals surface area contributed by atoms with Crippen molar-refractivity contribution in [3.8, 4) is 11.5 Å². The highest BCUT2D eigenvalue weighted by atomic mass is 28.2. The van der Waals surface area contributed by atoms with Crippen LogP contribution in [0.2, 0.25) is 0 Å². The van der Waals surface area contributed by atoms with Gasteiger partial charge < -0.3 is 14.3 Å². The van der Waals surface area contributed by atoms with E-state index in [2.05, 4.69) is 0 Å². The summed E-state index contributed by atoms with van der Waals surface area (Å²) in [6, 6.07) is 5.44. The summed E-state index contributed by atoms with van der Waals surface area (Å²) in [5.41, 5.74) is 0. The number of hydrogen-bond donors (Lipinski definition) is 1. The minimum Gasteiger partial charge on any atom is -0.497 e. The summed E-state index contributed by atoms with van der Waals surface area (Å²) in [7, 11) is 2.06. The van der Waals surface area contributed by atoms with Gasteiger partial charge in [0.1, 0.15) is 11.5 Å². The van der Waals surface area contributed by atoms with Gasteiger partial charge in [0.05, 0.1) is 14.2 Å². The van der Waals surface area contributed by atoms with E-state index in [1.54, 1.807) is 20.3 Å². The monoisotopic (exact) mass is 184 g/mol. The third kappa shape index (κ3) is 1.99. The van der Waals surface area contributed by atoms with Crippen molar-refractivity contribution in [3.05, 3.63) is 18.2 Å². The minimum atomic E-state index is -1.13. The van der Waals surface area contributed by atoms with Crippen molar-refractivity contribution in [2.75, 3.05) is 14.2 Å². The van der Waals surface area contributed by atoms with Gasteiger partial charge >= 0.3 is 0 Å². The van der Waals surface area contributed by atoms with Crippen LogP contribution in [0, 0.1) is 0 Å². The molecule has 66 valence electrons. The Bertz CT molecular complexity index is 207. The van der Waals surface area contributed by atoms with E-state index < -0.39 is 9.76 Å². The van der Waals surface area contributed by atoms with E-state index in [1.165, 1.54) is 0 Å². The second-order valence-corrected chi connectivity index (χ2v) is 3.51. The second kappa shape index (κ2) is 4.13. The van der Waals surface area contributed by atoms with Crippen LogP contribution in [0.25, 0.3) is 0 Å². The zero-order chi connectivity index (χ0) is 8.97. The van der Waals surface area contributed by atoms with E-state index in [1.807, 2.05) is 12.1 Å². The van der Waals surface area contributed by atoms with Crippen molar-refractivity contribution in [2.45, 2.75) is 0 Å². The molecule has 0 spiro atoms. The van der Waals surface area contributed by atoms with Crippen LogP contribution in [0.5, 0.6) is 11.5 Å². The third-order valence-corrected chi connectivity index (χ3v) is 2.37. The topological polar surface area (TPSA) is 38.7 Å². The highest BCUT2D eigenvalue weighted by Gasteiger charge is 2.00. The number of hydrogen-bond acceptors (Lipinski definition) is 3. The van der Waals surface area contributed by atoms with Gasteiger partial charge in [0, 0.05) is 6.07 Å². The van der Waals surface area contributed by atoms with Crippen molar-refractivity contribution < 1.29 is 14.3 Å². The number of ether oxygens (including phenoxy) is 2. The van der Waals surface area contributed by atoms with Crippen LogP contribution < -0.4 is 14.7 Å². The fourth-order valence-corrected chi connectivity index (χ4v) is 1.54. The average molecular weight is 184 g/mol. The van der Waals surface area contributed by atoms with Crippen LogP contribution in [0.4, 0.5) is 0 Å². The van der Waals surface area contributed by atoms with Crippen LogP contribution in [0.15, 0.2) is 18.2 Å². The maximum Gasteiger partial charge on any atom is 0.188 e. The molecule has 0 amide bonds. The summed E-state index contributed by atoms with van der Waals surface area (Å²) < 4.78 is 10.1. The molecule has 1 N–H and O–H groups in total. The first-order valence-electron chi connectivity index (χ1n) is 3.63. The van der Waals surface area contributed by atoms with E-state index in [4.69, 9.17) is 14.3 Å². The first-order valence-corrected chi connectivity index (χ1v) is 4.97. The summed E-state index contributed by atoms with van der Waals surface area (Å²) in [5.74, 6) is 1.46. The Kier molecular flexibility index (Phi) is 3.13. The molecule has 0 bridgehead atoms. The molecule has 0 unspecified atom stereocenters. The first-order chi connectivity index (χ1) is 5.80. The van der Waals surface area contributed by atoms with E-state index in [0.29, 0.717) is 0 Å². The van der Waals surface area contributed by atoms with Crippen LogP contribution in [-0.2, 0) is 0 Å². The zero-order valence-corrected chi connectivity index (χ0v) is 8.62. The Morgan fingerprint density at radius 3 is 1.92 bits per heavy atom. The Morgan fingerprint density at radius 1 is 1.08 bits per heavy atom. The molecule has 0 saturated heterocycles. The lowest BCUT2D eigenvalue weighted by molar-refractivity contribution is 0.395. The number of methoxy groups -OCH3 is 2. The predicted octanol–water partition coefficient (Wildman–Crippen LogP) is -0.595.